The van der Waals surface area contributed by atoms with E-state index in [1.165, 1.54) is 5.56 Å². The average Bonchev–Trinajstić information content (AvgIpc) is 3.49. The first-order valence-corrected chi connectivity index (χ1v) is 13.0. The molecule has 0 radical (unpaired) electrons. The molecule has 1 fully saturated rings. The van der Waals surface area contributed by atoms with Crippen molar-refractivity contribution in [2.45, 2.75) is 103 Å². The molecule has 188 valence electrons. The van der Waals surface area contributed by atoms with E-state index in [9.17, 15) is 14.4 Å². The zero-order valence-corrected chi connectivity index (χ0v) is 21.3. The lowest BCUT2D eigenvalue weighted by Gasteiger charge is -2.20. The minimum atomic E-state index is -0.595. The van der Waals surface area contributed by atoms with Gasteiger partial charge in [-0.2, -0.15) is 0 Å². The monoisotopic (exact) mass is 469 g/mol. The number of fused-ring (bicyclic) bond motifs is 2. The number of hydrogen-bond donors (Lipinski definition) is 3. The van der Waals surface area contributed by atoms with E-state index in [2.05, 4.69) is 23.5 Å². The van der Waals surface area contributed by atoms with Gasteiger partial charge in [-0.25, -0.2) is 0 Å². The fraction of sp³-hybridized carbons (Fsp3) is 0.679. The highest BCUT2D eigenvalue weighted by Gasteiger charge is 2.57. The molecule has 2 aliphatic carbocycles. The number of carbonyl (C=O) groups excluding carboxylic acids is 3. The van der Waals surface area contributed by atoms with Crippen LogP contribution in [0.4, 0.5) is 0 Å². The summed E-state index contributed by atoms with van der Waals surface area (Å²) in [5.74, 6) is 0.747. The molecule has 34 heavy (non-hydrogen) atoms. The summed E-state index contributed by atoms with van der Waals surface area (Å²) >= 11 is 0. The third kappa shape index (κ3) is 6.14. The number of nitrogens with one attached hydrogen (secondary N) is 1. The Morgan fingerprint density at radius 3 is 2.47 bits per heavy atom. The number of benzene rings is 1. The van der Waals surface area contributed by atoms with Crippen molar-refractivity contribution in [2.24, 2.45) is 29.2 Å². The molecule has 5 unspecified atom stereocenters. The van der Waals surface area contributed by atoms with Gasteiger partial charge in [0, 0.05) is 24.2 Å². The summed E-state index contributed by atoms with van der Waals surface area (Å²) in [6, 6.07) is 6.82. The van der Waals surface area contributed by atoms with E-state index in [0.29, 0.717) is 31.1 Å². The molecule has 1 amide bonds. The van der Waals surface area contributed by atoms with E-state index in [0.717, 1.165) is 37.7 Å². The van der Waals surface area contributed by atoms with Crippen LogP contribution < -0.4 is 16.8 Å². The number of Topliss-reactive ketones (excluding diaryl/α,β-unsaturated/α-hetero) is 2. The van der Waals surface area contributed by atoms with Crippen molar-refractivity contribution in [1.29, 1.82) is 0 Å². The van der Waals surface area contributed by atoms with Crippen LogP contribution in [-0.2, 0) is 26.2 Å². The van der Waals surface area contributed by atoms with Gasteiger partial charge in [-0.15, -0.1) is 0 Å². The van der Waals surface area contributed by atoms with E-state index >= 15 is 0 Å². The Hall–Kier alpha value is -2.05. The van der Waals surface area contributed by atoms with Gasteiger partial charge in [-0.3, -0.25) is 14.4 Å². The smallest absolute Gasteiger partial charge is 0.237 e. The molecule has 1 spiro atoms. The maximum atomic E-state index is 13.3. The fourth-order valence-electron chi connectivity index (χ4n) is 5.70. The summed E-state index contributed by atoms with van der Waals surface area (Å²) in [7, 11) is 0. The van der Waals surface area contributed by atoms with Crippen LogP contribution >= 0.6 is 0 Å². The van der Waals surface area contributed by atoms with Crippen LogP contribution in [0.1, 0.15) is 83.8 Å². The Labute approximate surface area is 204 Å². The van der Waals surface area contributed by atoms with E-state index in [4.69, 9.17) is 11.5 Å². The number of carbonyl (C=O) groups is 3. The predicted octanol–water partition coefficient (Wildman–Crippen LogP) is 3.43. The summed E-state index contributed by atoms with van der Waals surface area (Å²) in [6.07, 6.45) is 6.26. The Kier molecular flexibility index (Phi) is 8.69. The molecule has 0 bridgehead atoms. The molecule has 5 atom stereocenters. The van der Waals surface area contributed by atoms with E-state index in [1.54, 1.807) is 0 Å². The zero-order chi connectivity index (χ0) is 25.0. The Morgan fingerprint density at radius 2 is 1.79 bits per heavy atom. The SMILES string of the molecule is CC(C)CC(N)C(=O)NC1Cc2ccccc2C2(CC1=O)CC2CCCCC(N)C(=O)C(C)C. The Bertz CT molecular complexity index is 897. The van der Waals surface area contributed by atoms with E-state index in [1.807, 2.05) is 33.8 Å². The lowest BCUT2D eigenvalue weighted by atomic mass is 9.86. The molecule has 0 saturated heterocycles. The number of hydrogen-bond acceptors (Lipinski definition) is 5. The minimum absolute atomic E-state index is 0.0245. The van der Waals surface area contributed by atoms with Gasteiger partial charge in [0.05, 0.1) is 18.1 Å². The lowest BCUT2D eigenvalue weighted by Crippen LogP contribution is -2.49. The first kappa shape index (κ1) is 26.6. The van der Waals surface area contributed by atoms with Crippen molar-refractivity contribution >= 4 is 17.5 Å². The third-order valence-electron chi connectivity index (χ3n) is 7.72. The maximum absolute atomic E-state index is 13.3. The molecule has 2 aliphatic rings. The average molecular weight is 470 g/mol. The second kappa shape index (κ2) is 11.1. The van der Waals surface area contributed by atoms with Crippen molar-refractivity contribution in [2.75, 3.05) is 0 Å². The van der Waals surface area contributed by atoms with Gasteiger partial charge in [0.2, 0.25) is 5.91 Å². The largest absolute Gasteiger partial charge is 0.345 e. The predicted molar refractivity (Wildman–Crippen MR) is 135 cm³/mol. The van der Waals surface area contributed by atoms with Crippen LogP contribution in [0, 0.1) is 17.8 Å². The second-order valence-electron chi connectivity index (χ2n) is 11.3. The molecule has 0 heterocycles. The van der Waals surface area contributed by atoms with E-state index in [-0.39, 0.29) is 34.8 Å². The van der Waals surface area contributed by atoms with Gasteiger partial charge >= 0.3 is 0 Å². The quantitative estimate of drug-likeness (QED) is 0.430. The number of amides is 1. The highest BCUT2D eigenvalue weighted by molar-refractivity contribution is 5.92. The van der Waals surface area contributed by atoms with Crippen LogP contribution in [0.25, 0.3) is 0 Å². The summed E-state index contributed by atoms with van der Waals surface area (Å²) in [5, 5.41) is 2.96. The molecular weight excluding hydrogens is 426 g/mol. The lowest BCUT2D eigenvalue weighted by molar-refractivity contribution is -0.128. The Morgan fingerprint density at radius 1 is 1.09 bits per heavy atom. The maximum Gasteiger partial charge on any atom is 0.237 e. The van der Waals surface area contributed by atoms with Crippen LogP contribution in [0.5, 0.6) is 0 Å². The number of nitrogens with two attached hydrogens (primary N) is 2. The highest BCUT2D eigenvalue weighted by atomic mass is 16.2. The van der Waals surface area contributed by atoms with Crippen LogP contribution in [-0.4, -0.2) is 35.6 Å². The first-order chi connectivity index (χ1) is 16.0. The molecule has 0 aromatic heterocycles. The van der Waals surface area contributed by atoms with Crippen LogP contribution in [0.15, 0.2) is 24.3 Å². The van der Waals surface area contributed by atoms with Crippen molar-refractivity contribution in [3.8, 4) is 0 Å². The second-order valence-corrected chi connectivity index (χ2v) is 11.3. The fourth-order valence-corrected chi connectivity index (χ4v) is 5.70. The number of unbranched alkanes of at least 4 members (excludes halogenated alkanes) is 1. The summed E-state index contributed by atoms with van der Waals surface area (Å²) < 4.78 is 0. The molecular formula is C28H43N3O3. The summed E-state index contributed by atoms with van der Waals surface area (Å²) in [6.45, 7) is 7.86. The third-order valence-corrected chi connectivity index (χ3v) is 7.72. The summed E-state index contributed by atoms with van der Waals surface area (Å²) in [5.41, 5.74) is 14.4. The molecule has 1 saturated carbocycles. The number of rotatable bonds is 11. The van der Waals surface area contributed by atoms with Gasteiger partial charge in [-0.05, 0) is 48.6 Å². The van der Waals surface area contributed by atoms with Gasteiger partial charge in [-0.1, -0.05) is 64.8 Å². The van der Waals surface area contributed by atoms with Gasteiger partial charge in [0.25, 0.3) is 0 Å². The van der Waals surface area contributed by atoms with Gasteiger partial charge in [0.1, 0.15) is 0 Å². The zero-order valence-electron chi connectivity index (χ0n) is 21.3. The van der Waals surface area contributed by atoms with Crippen LogP contribution in [0.3, 0.4) is 0 Å². The van der Waals surface area contributed by atoms with Crippen molar-refractivity contribution in [3.63, 3.8) is 0 Å². The number of ketones is 2. The van der Waals surface area contributed by atoms with Crippen molar-refractivity contribution < 1.29 is 14.4 Å². The topological polar surface area (TPSA) is 115 Å². The Balaban J connectivity index is 1.63. The molecule has 6 nitrogen and oxygen atoms in total. The highest BCUT2D eigenvalue weighted by Crippen LogP contribution is 2.60. The molecule has 5 N–H and O–H groups in total. The molecule has 1 aromatic carbocycles. The molecule has 1 aromatic rings. The van der Waals surface area contributed by atoms with Gasteiger partial charge in [0.15, 0.2) is 11.6 Å². The van der Waals surface area contributed by atoms with Crippen molar-refractivity contribution in [3.05, 3.63) is 35.4 Å². The molecule has 6 heteroatoms. The minimum Gasteiger partial charge on any atom is -0.345 e. The summed E-state index contributed by atoms with van der Waals surface area (Å²) in [4.78, 5) is 38.0. The molecule has 3 rings (SSSR count). The van der Waals surface area contributed by atoms with Crippen LogP contribution in [0.2, 0.25) is 0 Å². The van der Waals surface area contributed by atoms with Gasteiger partial charge < -0.3 is 16.8 Å². The van der Waals surface area contributed by atoms with Crippen molar-refractivity contribution in [1.82, 2.24) is 5.32 Å². The molecule has 0 aliphatic heterocycles. The standard InChI is InChI=1S/C28H43N3O3/c1-17(2)13-23(30)27(34)31-24-14-19-9-5-7-11-21(19)28(16-25(24)32)15-20(28)10-6-8-12-22(29)26(33)18(3)4/h5,7,9,11,17-18,20,22-24H,6,8,10,12-16,29-30H2,1-4H3,(H,31,34). The normalized spacial score (nSPS) is 25.7. The first-order valence-electron chi connectivity index (χ1n) is 13.0. The van der Waals surface area contributed by atoms with E-state index < -0.39 is 12.1 Å².